The van der Waals surface area contributed by atoms with Gasteiger partial charge in [-0.3, -0.25) is 19.7 Å². The second kappa shape index (κ2) is 8.95. The smallest absolute Gasteiger partial charge is 0.310 e. The van der Waals surface area contributed by atoms with Gasteiger partial charge in [-0.15, -0.1) is 0 Å². The molecule has 0 saturated carbocycles. The van der Waals surface area contributed by atoms with Crippen molar-refractivity contribution in [3.63, 3.8) is 0 Å². The maximum atomic E-state index is 13.6. The zero-order chi connectivity index (χ0) is 20.0. The van der Waals surface area contributed by atoms with Crippen molar-refractivity contribution in [2.75, 3.05) is 19.0 Å². The summed E-state index contributed by atoms with van der Waals surface area (Å²) in [6.07, 6.45) is -0.258. The molecule has 8 nitrogen and oxygen atoms in total. The number of nitro groups is 1. The van der Waals surface area contributed by atoms with Crippen LogP contribution in [0.15, 0.2) is 36.4 Å². The van der Waals surface area contributed by atoms with Gasteiger partial charge in [-0.05, 0) is 29.8 Å². The molecule has 0 aliphatic heterocycles. The molecule has 1 amide bonds. The summed E-state index contributed by atoms with van der Waals surface area (Å²) in [5, 5.41) is 13.4. The monoisotopic (exact) mass is 396 g/mol. The zero-order valence-electron chi connectivity index (χ0n) is 14.0. The van der Waals surface area contributed by atoms with Crippen LogP contribution >= 0.6 is 11.6 Å². The first kappa shape index (κ1) is 20.1. The van der Waals surface area contributed by atoms with E-state index in [1.165, 1.54) is 31.4 Å². The minimum absolute atomic E-state index is 0.0367. The molecule has 0 radical (unpaired) electrons. The van der Waals surface area contributed by atoms with Crippen LogP contribution in [0.25, 0.3) is 0 Å². The second-order valence-corrected chi connectivity index (χ2v) is 5.71. The van der Waals surface area contributed by atoms with Gasteiger partial charge in [0.05, 0.1) is 18.5 Å². The van der Waals surface area contributed by atoms with Crippen molar-refractivity contribution in [2.24, 2.45) is 0 Å². The van der Waals surface area contributed by atoms with Crippen molar-refractivity contribution in [3.05, 3.63) is 62.9 Å². The third kappa shape index (κ3) is 5.65. The number of rotatable bonds is 7. The molecule has 0 fully saturated rings. The van der Waals surface area contributed by atoms with Crippen molar-refractivity contribution < 1.29 is 28.4 Å². The minimum Gasteiger partial charge on any atom is -0.494 e. The van der Waals surface area contributed by atoms with Crippen molar-refractivity contribution in [3.8, 4) is 5.75 Å². The van der Waals surface area contributed by atoms with Crippen molar-refractivity contribution in [1.29, 1.82) is 0 Å². The SMILES string of the molecule is COc1ccc(CC(=O)OCC(=O)Nc2cc(Cl)ccc2[N+](=O)[O-])cc1F. The summed E-state index contributed by atoms with van der Waals surface area (Å²) >= 11 is 5.76. The molecule has 1 N–H and O–H groups in total. The van der Waals surface area contributed by atoms with Crippen LogP contribution in [0.5, 0.6) is 5.75 Å². The standard InChI is InChI=1S/C17H14ClFN2O6/c1-26-15-5-2-10(6-12(15)19)7-17(23)27-9-16(22)20-13-8-11(18)3-4-14(13)21(24)25/h2-6,8H,7,9H2,1H3,(H,20,22). The van der Waals surface area contributed by atoms with Gasteiger partial charge in [0.15, 0.2) is 18.2 Å². The Hall–Kier alpha value is -3.20. The summed E-state index contributed by atoms with van der Waals surface area (Å²) in [5.41, 5.74) is -0.136. The number of benzene rings is 2. The van der Waals surface area contributed by atoms with Gasteiger partial charge in [0, 0.05) is 11.1 Å². The molecule has 0 atom stereocenters. The fourth-order valence-electron chi connectivity index (χ4n) is 2.14. The van der Waals surface area contributed by atoms with E-state index in [9.17, 15) is 24.1 Å². The number of hydrogen-bond donors (Lipinski definition) is 1. The fourth-order valence-corrected chi connectivity index (χ4v) is 2.31. The number of esters is 1. The van der Waals surface area contributed by atoms with E-state index in [0.29, 0.717) is 5.56 Å². The lowest BCUT2D eigenvalue weighted by Crippen LogP contribution is -2.22. The molecule has 2 aromatic carbocycles. The molecule has 2 rings (SSSR count). The number of halogens is 2. The predicted molar refractivity (Wildman–Crippen MR) is 94.4 cm³/mol. The lowest BCUT2D eigenvalue weighted by Gasteiger charge is -2.08. The second-order valence-electron chi connectivity index (χ2n) is 5.27. The highest BCUT2D eigenvalue weighted by Gasteiger charge is 2.17. The van der Waals surface area contributed by atoms with Crippen LogP contribution in [0.2, 0.25) is 5.02 Å². The minimum atomic E-state index is -0.783. The van der Waals surface area contributed by atoms with E-state index in [-0.39, 0.29) is 28.6 Å². The van der Waals surface area contributed by atoms with E-state index >= 15 is 0 Å². The Balaban J connectivity index is 1.92. The third-order valence-corrected chi connectivity index (χ3v) is 3.59. The molecular weight excluding hydrogens is 383 g/mol. The molecule has 0 saturated heterocycles. The fraction of sp³-hybridized carbons (Fsp3) is 0.176. The first-order valence-electron chi connectivity index (χ1n) is 7.52. The van der Waals surface area contributed by atoms with Gasteiger partial charge < -0.3 is 14.8 Å². The van der Waals surface area contributed by atoms with Gasteiger partial charge in [-0.1, -0.05) is 17.7 Å². The summed E-state index contributed by atoms with van der Waals surface area (Å²) in [7, 11) is 1.31. The maximum absolute atomic E-state index is 13.6. The molecule has 0 aromatic heterocycles. The number of carbonyl (C=O) groups excluding carboxylic acids is 2. The third-order valence-electron chi connectivity index (χ3n) is 3.36. The Morgan fingerprint density at radius 3 is 2.63 bits per heavy atom. The van der Waals surface area contributed by atoms with Gasteiger partial charge >= 0.3 is 5.97 Å². The lowest BCUT2D eigenvalue weighted by atomic mass is 10.1. The summed E-state index contributed by atoms with van der Waals surface area (Å²) in [6.45, 7) is -0.666. The summed E-state index contributed by atoms with van der Waals surface area (Å²) in [5.74, 6) is -2.15. The Bertz CT molecular complexity index is 890. The highest BCUT2D eigenvalue weighted by molar-refractivity contribution is 6.31. The first-order valence-corrected chi connectivity index (χ1v) is 7.89. The number of hydrogen-bond acceptors (Lipinski definition) is 6. The van der Waals surface area contributed by atoms with E-state index in [2.05, 4.69) is 5.32 Å². The van der Waals surface area contributed by atoms with Crippen LogP contribution in [-0.2, 0) is 20.7 Å². The van der Waals surface area contributed by atoms with Crippen molar-refractivity contribution >= 4 is 34.9 Å². The van der Waals surface area contributed by atoms with Crippen LogP contribution in [0.3, 0.4) is 0 Å². The van der Waals surface area contributed by atoms with Gasteiger partial charge in [0.1, 0.15) is 5.69 Å². The van der Waals surface area contributed by atoms with Crippen LogP contribution in [0, 0.1) is 15.9 Å². The van der Waals surface area contributed by atoms with Crippen LogP contribution in [0.1, 0.15) is 5.56 Å². The quantitative estimate of drug-likeness (QED) is 0.437. The highest BCUT2D eigenvalue weighted by atomic mass is 35.5. The molecule has 10 heteroatoms. The summed E-state index contributed by atoms with van der Waals surface area (Å²) in [6, 6.07) is 7.63. The number of amides is 1. The maximum Gasteiger partial charge on any atom is 0.310 e. The van der Waals surface area contributed by atoms with E-state index in [1.54, 1.807) is 0 Å². The molecule has 27 heavy (non-hydrogen) atoms. The van der Waals surface area contributed by atoms with Crippen molar-refractivity contribution in [2.45, 2.75) is 6.42 Å². The summed E-state index contributed by atoms with van der Waals surface area (Å²) < 4.78 is 23.2. The van der Waals surface area contributed by atoms with Gasteiger partial charge in [-0.2, -0.15) is 0 Å². The number of carbonyl (C=O) groups is 2. The Kier molecular flexibility index (Phi) is 6.67. The van der Waals surface area contributed by atoms with E-state index < -0.39 is 29.2 Å². The Morgan fingerprint density at radius 2 is 2.00 bits per heavy atom. The molecule has 0 aliphatic rings. The Labute approximate surface area is 158 Å². The number of methoxy groups -OCH3 is 1. The van der Waals surface area contributed by atoms with Crippen LogP contribution in [-0.4, -0.2) is 30.5 Å². The molecule has 0 unspecified atom stereocenters. The largest absolute Gasteiger partial charge is 0.494 e. The molecule has 0 heterocycles. The number of nitrogens with one attached hydrogen (secondary N) is 1. The van der Waals surface area contributed by atoms with Gasteiger partial charge in [0.25, 0.3) is 11.6 Å². The van der Waals surface area contributed by atoms with Gasteiger partial charge in [0.2, 0.25) is 0 Å². The summed E-state index contributed by atoms with van der Waals surface area (Å²) in [4.78, 5) is 33.9. The van der Waals surface area contributed by atoms with Crippen molar-refractivity contribution in [1.82, 2.24) is 0 Å². The highest BCUT2D eigenvalue weighted by Crippen LogP contribution is 2.27. The predicted octanol–water partition coefficient (Wildman–Crippen LogP) is 3.12. The number of anilines is 1. The molecule has 2 aromatic rings. The molecule has 0 bridgehead atoms. The van der Waals surface area contributed by atoms with Gasteiger partial charge in [-0.25, -0.2) is 4.39 Å². The number of nitrogens with zero attached hydrogens (tertiary/aromatic N) is 1. The first-order chi connectivity index (χ1) is 12.8. The number of ether oxygens (including phenoxy) is 2. The topological polar surface area (TPSA) is 108 Å². The lowest BCUT2D eigenvalue weighted by molar-refractivity contribution is -0.383. The average molecular weight is 397 g/mol. The molecule has 0 aliphatic carbocycles. The molecule has 142 valence electrons. The van der Waals surface area contributed by atoms with E-state index in [1.807, 2.05) is 0 Å². The Morgan fingerprint density at radius 1 is 1.26 bits per heavy atom. The zero-order valence-corrected chi connectivity index (χ0v) is 14.8. The van der Waals surface area contributed by atoms with Crippen LogP contribution in [0.4, 0.5) is 15.8 Å². The van der Waals surface area contributed by atoms with E-state index in [0.717, 1.165) is 12.1 Å². The average Bonchev–Trinajstić information content (AvgIpc) is 2.60. The van der Waals surface area contributed by atoms with Crippen LogP contribution < -0.4 is 10.1 Å². The number of nitro benzene ring substituents is 1. The molecular formula is C17H14ClFN2O6. The normalized spacial score (nSPS) is 10.2. The van der Waals surface area contributed by atoms with E-state index in [4.69, 9.17) is 21.1 Å². The molecule has 0 spiro atoms.